The van der Waals surface area contributed by atoms with E-state index in [1.807, 2.05) is 13.0 Å². The highest BCUT2D eigenvalue weighted by atomic mass is 19.4. The Morgan fingerprint density at radius 2 is 2.09 bits per heavy atom. The number of carbonyl (C=O) groups excluding carboxylic acids is 1. The molecule has 0 spiro atoms. The second kappa shape index (κ2) is 9.58. The molecule has 2 atom stereocenters. The molecule has 34 heavy (non-hydrogen) atoms. The minimum absolute atomic E-state index is 0.0834. The average molecular weight is 475 g/mol. The number of fused-ring (bicyclic) bond motifs is 1. The molecular weight excluding hydrogens is 450 g/mol. The van der Waals surface area contributed by atoms with Crippen molar-refractivity contribution in [3.63, 3.8) is 0 Å². The Morgan fingerprint density at radius 3 is 2.74 bits per heavy atom. The first-order chi connectivity index (χ1) is 16.2. The van der Waals surface area contributed by atoms with Crippen molar-refractivity contribution in [2.45, 2.75) is 38.5 Å². The molecule has 1 saturated carbocycles. The smallest absolute Gasteiger partial charge is 0.390 e. The van der Waals surface area contributed by atoms with Crippen LogP contribution in [-0.2, 0) is 0 Å². The van der Waals surface area contributed by atoms with Crippen molar-refractivity contribution in [1.29, 1.82) is 0 Å². The third kappa shape index (κ3) is 5.47. The SMILES string of the molecule is Cc1cc(-c2cnc3c(NCCC(F)(F)F)cc(/C=C\CO)cn23)ccc1C(=O)CC1C[C@H]1F. The summed E-state index contributed by atoms with van der Waals surface area (Å²) in [7, 11) is 0. The lowest BCUT2D eigenvalue weighted by molar-refractivity contribution is -0.131. The van der Waals surface area contributed by atoms with Crippen molar-refractivity contribution in [2.75, 3.05) is 18.5 Å². The molecule has 1 fully saturated rings. The number of hydrogen-bond donors (Lipinski definition) is 2. The lowest BCUT2D eigenvalue weighted by atomic mass is 9.98. The van der Waals surface area contributed by atoms with Gasteiger partial charge in [-0.25, -0.2) is 9.37 Å². The van der Waals surface area contributed by atoms with E-state index in [4.69, 9.17) is 5.11 Å². The number of aromatic nitrogens is 2. The van der Waals surface area contributed by atoms with Crippen LogP contribution in [0, 0.1) is 12.8 Å². The van der Waals surface area contributed by atoms with Gasteiger partial charge in [0.2, 0.25) is 0 Å². The fourth-order valence-electron chi connectivity index (χ4n) is 3.98. The number of rotatable bonds is 9. The van der Waals surface area contributed by atoms with E-state index in [2.05, 4.69) is 10.3 Å². The number of nitrogens with one attached hydrogen (secondary N) is 1. The van der Waals surface area contributed by atoms with Gasteiger partial charge in [0.05, 0.1) is 30.6 Å². The van der Waals surface area contributed by atoms with Crippen LogP contribution >= 0.6 is 0 Å². The van der Waals surface area contributed by atoms with Gasteiger partial charge in [0.1, 0.15) is 6.17 Å². The Balaban J connectivity index is 1.67. The third-order valence-electron chi connectivity index (χ3n) is 5.87. The number of aliphatic hydroxyl groups excluding tert-OH is 1. The maximum Gasteiger partial charge on any atom is 0.390 e. The zero-order valence-electron chi connectivity index (χ0n) is 18.6. The van der Waals surface area contributed by atoms with Gasteiger partial charge in [0.25, 0.3) is 0 Å². The van der Waals surface area contributed by atoms with E-state index in [-0.39, 0.29) is 31.3 Å². The molecule has 9 heteroatoms. The molecular formula is C25H25F4N3O2. The van der Waals surface area contributed by atoms with Crippen LogP contribution in [0.5, 0.6) is 0 Å². The summed E-state index contributed by atoms with van der Waals surface area (Å²) < 4.78 is 52.8. The van der Waals surface area contributed by atoms with Gasteiger partial charge in [-0.05, 0) is 36.6 Å². The van der Waals surface area contributed by atoms with Crippen molar-refractivity contribution >= 4 is 23.2 Å². The number of hydrogen-bond acceptors (Lipinski definition) is 4. The minimum atomic E-state index is -4.28. The summed E-state index contributed by atoms with van der Waals surface area (Å²) >= 11 is 0. The molecule has 2 aromatic heterocycles. The van der Waals surface area contributed by atoms with E-state index in [0.29, 0.717) is 34.6 Å². The normalized spacial score (nSPS) is 18.1. The molecule has 4 rings (SSSR count). The van der Waals surface area contributed by atoms with E-state index in [9.17, 15) is 22.4 Å². The van der Waals surface area contributed by atoms with Gasteiger partial charge in [-0.1, -0.05) is 24.3 Å². The molecule has 0 radical (unpaired) electrons. The Hall–Kier alpha value is -3.20. The minimum Gasteiger partial charge on any atom is -0.392 e. The summed E-state index contributed by atoms with van der Waals surface area (Å²) in [5.41, 5.74) is 4.35. The Labute approximate surface area is 194 Å². The monoisotopic (exact) mass is 475 g/mol. The first-order valence-corrected chi connectivity index (χ1v) is 11.0. The van der Waals surface area contributed by atoms with Crippen LogP contribution in [0.15, 0.2) is 42.7 Å². The number of carbonyl (C=O) groups is 1. The summed E-state index contributed by atoms with van der Waals surface area (Å²) in [5, 5.41) is 11.9. The predicted octanol–water partition coefficient (Wildman–Crippen LogP) is 5.61. The topological polar surface area (TPSA) is 66.6 Å². The molecule has 0 aliphatic heterocycles. The van der Waals surface area contributed by atoms with Gasteiger partial charge in [0, 0.05) is 36.2 Å². The first kappa shape index (κ1) is 23.9. The highest BCUT2D eigenvalue weighted by Crippen LogP contribution is 2.38. The Kier molecular flexibility index (Phi) is 6.74. The lowest BCUT2D eigenvalue weighted by Gasteiger charge is -2.12. The standard InChI is InChI=1S/C25H25F4N3O2/c1-15-9-17(4-5-19(15)23(34)12-18-11-20(18)26)22-13-31-24-21(30-7-6-25(27,28)29)10-16(3-2-8-33)14-32(22)24/h2-5,9-10,13-14,18,20,30,33H,6-8,11-12H2,1H3/b3-2-/t18?,20-/m1/s1. The Morgan fingerprint density at radius 1 is 1.32 bits per heavy atom. The molecule has 1 aliphatic carbocycles. The number of alkyl halides is 4. The number of Topliss-reactive ketones (excluding diaryl/α,β-unsaturated/α-hetero) is 1. The number of ketones is 1. The number of imidazole rings is 1. The molecule has 0 saturated heterocycles. The number of halogens is 4. The van der Waals surface area contributed by atoms with Gasteiger partial charge < -0.3 is 10.4 Å². The van der Waals surface area contributed by atoms with Crippen LogP contribution in [0.3, 0.4) is 0 Å². The van der Waals surface area contributed by atoms with Crippen LogP contribution in [-0.4, -0.2) is 45.8 Å². The van der Waals surface area contributed by atoms with Gasteiger partial charge in [-0.15, -0.1) is 0 Å². The number of benzene rings is 1. The summed E-state index contributed by atoms with van der Waals surface area (Å²) in [6.07, 6.45) is 1.10. The number of pyridine rings is 1. The van der Waals surface area contributed by atoms with Crippen LogP contribution in [0.2, 0.25) is 0 Å². The molecule has 2 heterocycles. The Bertz CT molecular complexity index is 1230. The van der Waals surface area contributed by atoms with E-state index >= 15 is 0 Å². The summed E-state index contributed by atoms with van der Waals surface area (Å²) in [4.78, 5) is 16.9. The van der Waals surface area contributed by atoms with E-state index < -0.39 is 18.8 Å². The van der Waals surface area contributed by atoms with Gasteiger partial charge in [-0.2, -0.15) is 13.2 Å². The van der Waals surface area contributed by atoms with E-state index in [1.54, 1.807) is 41.1 Å². The van der Waals surface area contributed by atoms with E-state index in [1.165, 1.54) is 6.08 Å². The van der Waals surface area contributed by atoms with Gasteiger partial charge in [0.15, 0.2) is 11.4 Å². The molecule has 1 aromatic carbocycles. The number of anilines is 1. The van der Waals surface area contributed by atoms with Crippen LogP contribution in [0.4, 0.5) is 23.2 Å². The molecule has 3 aromatic rings. The van der Waals surface area contributed by atoms with Gasteiger partial charge in [-0.3, -0.25) is 9.20 Å². The molecule has 1 aliphatic rings. The second-order valence-electron chi connectivity index (χ2n) is 8.57. The molecule has 180 valence electrons. The molecule has 1 unspecified atom stereocenters. The summed E-state index contributed by atoms with van der Waals surface area (Å²) in [5.74, 6) is -0.265. The summed E-state index contributed by atoms with van der Waals surface area (Å²) in [6.45, 7) is 1.34. The van der Waals surface area contributed by atoms with Crippen LogP contribution < -0.4 is 5.32 Å². The van der Waals surface area contributed by atoms with Crippen LogP contribution in [0.25, 0.3) is 23.0 Å². The largest absolute Gasteiger partial charge is 0.392 e. The highest BCUT2D eigenvalue weighted by Gasteiger charge is 2.39. The maximum absolute atomic E-state index is 13.2. The molecule has 0 bridgehead atoms. The molecule has 0 amide bonds. The predicted molar refractivity (Wildman–Crippen MR) is 123 cm³/mol. The fourth-order valence-corrected chi connectivity index (χ4v) is 3.98. The number of aryl methyl sites for hydroxylation is 1. The number of nitrogens with zero attached hydrogens (tertiary/aromatic N) is 2. The summed E-state index contributed by atoms with van der Waals surface area (Å²) in [6, 6.07) is 7.04. The van der Waals surface area contributed by atoms with Crippen molar-refractivity contribution < 1.29 is 27.5 Å². The second-order valence-corrected chi connectivity index (χ2v) is 8.57. The molecule has 5 nitrogen and oxygen atoms in total. The maximum atomic E-state index is 13.2. The van der Waals surface area contributed by atoms with Crippen molar-refractivity contribution in [1.82, 2.24) is 9.38 Å². The van der Waals surface area contributed by atoms with Crippen molar-refractivity contribution in [3.8, 4) is 11.3 Å². The zero-order valence-corrected chi connectivity index (χ0v) is 18.6. The fraction of sp³-hybridized carbons (Fsp3) is 0.360. The number of aliphatic hydroxyl groups is 1. The lowest BCUT2D eigenvalue weighted by Crippen LogP contribution is -2.15. The first-order valence-electron chi connectivity index (χ1n) is 11.0. The van der Waals surface area contributed by atoms with Gasteiger partial charge >= 0.3 is 6.18 Å². The quantitative estimate of drug-likeness (QED) is 0.312. The van der Waals surface area contributed by atoms with Crippen molar-refractivity contribution in [3.05, 3.63) is 59.4 Å². The van der Waals surface area contributed by atoms with E-state index in [0.717, 1.165) is 11.1 Å². The average Bonchev–Trinajstić information content (AvgIpc) is 3.28. The zero-order chi connectivity index (χ0) is 24.5. The third-order valence-corrected chi connectivity index (χ3v) is 5.87. The van der Waals surface area contributed by atoms with Crippen LogP contribution in [0.1, 0.15) is 40.7 Å². The van der Waals surface area contributed by atoms with Crippen molar-refractivity contribution in [2.24, 2.45) is 5.92 Å². The highest BCUT2D eigenvalue weighted by molar-refractivity contribution is 5.98. The molecule has 2 N–H and O–H groups in total.